The van der Waals surface area contributed by atoms with E-state index < -0.39 is 0 Å². The van der Waals surface area contributed by atoms with Crippen LogP contribution in [0, 0.1) is 23.2 Å². The van der Waals surface area contributed by atoms with E-state index in [2.05, 4.69) is 25.1 Å². The number of phenols is 1. The number of fused-ring (bicyclic) bond motifs is 5. The van der Waals surface area contributed by atoms with Crippen LogP contribution in [0.4, 0.5) is 8.78 Å². The molecule has 0 amide bonds. The maximum absolute atomic E-state index is 12.1. The Morgan fingerprint density at radius 1 is 0.895 bits per heavy atom. The second-order valence-electron chi connectivity index (χ2n) is 12.5. The normalized spacial score (nSPS) is 29.9. The second-order valence-corrected chi connectivity index (χ2v) is 12.5. The van der Waals surface area contributed by atoms with Gasteiger partial charge in [-0.2, -0.15) is 0 Å². The first-order valence-corrected chi connectivity index (χ1v) is 15.6. The zero-order valence-electron chi connectivity index (χ0n) is 24.2. The molecule has 1 aromatic carbocycles. The number of allylic oxidation sites excluding steroid dienone is 2. The number of aliphatic hydroxyl groups excluding tert-OH is 1. The van der Waals surface area contributed by atoms with Crippen LogP contribution in [0.15, 0.2) is 30.4 Å². The van der Waals surface area contributed by atoms with Crippen LogP contribution in [0.1, 0.15) is 127 Å². The number of aromatic hydroxyl groups is 1. The number of rotatable bonds is 14. The van der Waals surface area contributed by atoms with Gasteiger partial charge in [0.15, 0.2) is 0 Å². The van der Waals surface area contributed by atoms with E-state index in [4.69, 9.17) is 0 Å². The van der Waals surface area contributed by atoms with Crippen molar-refractivity contribution in [3.63, 3.8) is 0 Å². The minimum atomic E-state index is -0.182. The van der Waals surface area contributed by atoms with Gasteiger partial charge in [0, 0.05) is 0 Å². The molecule has 4 heteroatoms. The molecule has 0 spiro atoms. The number of alkyl halides is 2. The van der Waals surface area contributed by atoms with Crippen molar-refractivity contribution in [1.82, 2.24) is 0 Å². The van der Waals surface area contributed by atoms with Gasteiger partial charge in [-0.15, -0.1) is 0 Å². The molecular weight excluding hydrogens is 478 g/mol. The van der Waals surface area contributed by atoms with E-state index in [0.29, 0.717) is 43.0 Å². The zero-order chi connectivity index (χ0) is 27.4. The molecule has 2 saturated carbocycles. The number of unbranched alkanes of at least 4 members (excludes halogenated alkanes) is 9. The number of phenolic OH excluding ortho intramolecular Hbond substituents is 1. The average Bonchev–Trinajstić information content (AvgIpc) is 3.23. The molecule has 1 unspecified atom stereocenters. The predicted molar refractivity (Wildman–Crippen MR) is 155 cm³/mol. The summed E-state index contributed by atoms with van der Waals surface area (Å²) in [6.45, 7) is 2.19. The van der Waals surface area contributed by atoms with Crippen molar-refractivity contribution < 1.29 is 19.0 Å². The molecule has 0 aliphatic heterocycles. The van der Waals surface area contributed by atoms with Gasteiger partial charge in [-0.1, -0.05) is 63.7 Å². The average molecular weight is 533 g/mol. The molecule has 1 aromatic rings. The van der Waals surface area contributed by atoms with Gasteiger partial charge >= 0.3 is 0 Å². The summed E-state index contributed by atoms with van der Waals surface area (Å²) in [6, 6.07) is 6.13. The van der Waals surface area contributed by atoms with Crippen LogP contribution in [0.25, 0.3) is 0 Å². The van der Waals surface area contributed by atoms with Gasteiger partial charge in [0.1, 0.15) is 5.75 Å². The standard InChI is InChI=1S/C33H51FO2.CH3F/c1-33-21-20-29-28-17-16-27(35)24-26(28)23-25(32(29)30(33)18-19-31(33)36)15-13-11-9-7-5-3-2-4-6-8-10-12-14-22-34;1-2/h6,8,16-17,24-25,29-32,35-36H,2-5,7,9-15,18-23H2,1H3;1H3/b8-6-;/t25?,29-,30+,31+,32-,33+;/m1./s1. The summed E-state index contributed by atoms with van der Waals surface area (Å²) in [7, 11) is 0.500. The van der Waals surface area contributed by atoms with Gasteiger partial charge in [-0.25, -0.2) is 0 Å². The van der Waals surface area contributed by atoms with Crippen molar-refractivity contribution in [2.75, 3.05) is 13.9 Å². The molecular formula is C34H54F2O2. The molecule has 0 heterocycles. The van der Waals surface area contributed by atoms with E-state index >= 15 is 0 Å². The van der Waals surface area contributed by atoms with Gasteiger partial charge in [0.2, 0.25) is 0 Å². The van der Waals surface area contributed by atoms with Crippen molar-refractivity contribution in [2.45, 2.75) is 128 Å². The quantitative estimate of drug-likeness (QED) is 0.185. The minimum absolute atomic E-state index is 0.109. The van der Waals surface area contributed by atoms with Crippen molar-refractivity contribution in [3.8, 4) is 5.75 Å². The van der Waals surface area contributed by atoms with Crippen molar-refractivity contribution in [2.24, 2.45) is 23.2 Å². The minimum Gasteiger partial charge on any atom is -0.508 e. The Kier molecular flexibility index (Phi) is 13.1. The van der Waals surface area contributed by atoms with Crippen molar-refractivity contribution in [1.29, 1.82) is 0 Å². The fraction of sp³-hybridized carbons (Fsp3) is 0.765. The molecule has 2 fully saturated rings. The predicted octanol–water partition coefficient (Wildman–Crippen LogP) is 9.63. The fourth-order valence-corrected chi connectivity index (χ4v) is 8.18. The Hall–Kier alpha value is -1.42. The van der Waals surface area contributed by atoms with Crippen LogP contribution < -0.4 is 0 Å². The highest BCUT2D eigenvalue weighted by Gasteiger charge is 2.56. The van der Waals surface area contributed by atoms with E-state index in [-0.39, 0.29) is 18.2 Å². The lowest BCUT2D eigenvalue weighted by Gasteiger charge is -2.53. The number of benzene rings is 1. The Morgan fingerprint density at radius 3 is 2.26 bits per heavy atom. The third-order valence-electron chi connectivity index (χ3n) is 10.2. The van der Waals surface area contributed by atoms with Crippen LogP contribution in [0.5, 0.6) is 5.75 Å². The fourth-order valence-electron chi connectivity index (χ4n) is 8.18. The topological polar surface area (TPSA) is 40.5 Å². The largest absolute Gasteiger partial charge is 0.508 e. The molecule has 2 nitrogen and oxygen atoms in total. The first kappa shape index (κ1) is 31.1. The van der Waals surface area contributed by atoms with Crippen LogP contribution in [0.3, 0.4) is 0 Å². The Bertz CT molecular complexity index is 840. The summed E-state index contributed by atoms with van der Waals surface area (Å²) in [4.78, 5) is 0. The third kappa shape index (κ3) is 7.83. The van der Waals surface area contributed by atoms with Crippen LogP contribution >= 0.6 is 0 Å². The summed E-state index contributed by atoms with van der Waals surface area (Å²) < 4.78 is 21.6. The molecule has 0 radical (unpaired) electrons. The first-order chi connectivity index (χ1) is 18.5. The summed E-state index contributed by atoms with van der Waals surface area (Å²) in [5, 5.41) is 21.0. The SMILES string of the molecule is CF.C[C@]12CC[C@@H]3c4ccc(O)cc4CC(CCCCCCCCC/C=C\CCCCF)[C@H]3[C@@H]1CC[C@@H]2O. The van der Waals surface area contributed by atoms with Gasteiger partial charge in [0.05, 0.1) is 20.0 Å². The summed E-state index contributed by atoms with van der Waals surface area (Å²) in [5.41, 5.74) is 2.99. The summed E-state index contributed by atoms with van der Waals surface area (Å²) in [5.74, 6) is 3.06. The monoisotopic (exact) mass is 532 g/mol. The molecule has 3 aliphatic carbocycles. The lowest BCUT2D eigenvalue weighted by Crippen LogP contribution is -2.47. The lowest BCUT2D eigenvalue weighted by atomic mass is 9.52. The first-order valence-electron chi connectivity index (χ1n) is 15.6. The lowest BCUT2D eigenvalue weighted by molar-refractivity contribution is -0.0396. The van der Waals surface area contributed by atoms with E-state index in [0.717, 1.165) is 32.1 Å². The Morgan fingerprint density at radius 2 is 1.55 bits per heavy atom. The molecule has 0 bridgehead atoms. The Balaban J connectivity index is 0.00000195. The van der Waals surface area contributed by atoms with Crippen molar-refractivity contribution >= 4 is 0 Å². The Labute approximate surface area is 231 Å². The number of aliphatic hydroxyl groups is 1. The molecule has 38 heavy (non-hydrogen) atoms. The van der Waals surface area contributed by atoms with E-state index in [1.54, 1.807) is 0 Å². The summed E-state index contributed by atoms with van der Waals surface area (Å²) >= 11 is 0. The molecule has 2 N–H and O–H groups in total. The molecule has 6 atom stereocenters. The molecule has 216 valence electrons. The van der Waals surface area contributed by atoms with Crippen LogP contribution in [-0.4, -0.2) is 30.2 Å². The number of hydrogen-bond donors (Lipinski definition) is 2. The highest BCUT2D eigenvalue weighted by molar-refractivity contribution is 5.40. The van der Waals surface area contributed by atoms with Gasteiger partial charge in [0.25, 0.3) is 0 Å². The molecule has 0 saturated heterocycles. The second kappa shape index (κ2) is 16.0. The molecule has 4 rings (SSSR count). The smallest absolute Gasteiger partial charge is 0.115 e. The van der Waals surface area contributed by atoms with E-state index in [9.17, 15) is 19.0 Å². The number of hydrogen-bond acceptors (Lipinski definition) is 2. The van der Waals surface area contributed by atoms with Crippen LogP contribution in [0.2, 0.25) is 0 Å². The highest BCUT2D eigenvalue weighted by Crippen LogP contribution is 2.62. The highest BCUT2D eigenvalue weighted by atomic mass is 19.1. The maximum Gasteiger partial charge on any atom is 0.115 e. The van der Waals surface area contributed by atoms with E-state index in [1.165, 1.54) is 81.8 Å². The number of halogens is 2. The zero-order valence-corrected chi connectivity index (χ0v) is 24.2. The van der Waals surface area contributed by atoms with E-state index in [1.807, 2.05) is 12.1 Å². The summed E-state index contributed by atoms with van der Waals surface area (Å²) in [6.07, 6.45) is 24.5. The van der Waals surface area contributed by atoms with Gasteiger partial charge in [-0.05, 0) is 123 Å². The van der Waals surface area contributed by atoms with Gasteiger partial charge < -0.3 is 10.2 Å². The molecule has 3 aliphatic rings. The third-order valence-corrected chi connectivity index (χ3v) is 10.2. The van der Waals surface area contributed by atoms with Crippen LogP contribution in [-0.2, 0) is 6.42 Å². The van der Waals surface area contributed by atoms with Gasteiger partial charge in [-0.3, -0.25) is 8.78 Å². The molecule has 0 aromatic heterocycles. The van der Waals surface area contributed by atoms with Crippen molar-refractivity contribution in [3.05, 3.63) is 41.5 Å². The maximum atomic E-state index is 12.1.